The number of benzene rings is 2. The van der Waals surface area contributed by atoms with Crippen molar-refractivity contribution in [3.8, 4) is 21.7 Å². The van der Waals surface area contributed by atoms with Gasteiger partial charge in [0, 0.05) is 26.9 Å². The lowest BCUT2D eigenvalue weighted by molar-refractivity contribution is 0.653. The second-order valence-corrected chi connectivity index (χ2v) is 10.8. The minimum absolute atomic E-state index is 0.430. The Kier molecular flexibility index (Phi) is 5.19. The lowest BCUT2D eigenvalue weighted by Gasteiger charge is -2.18. The third-order valence-electron chi connectivity index (χ3n) is 6.69. The van der Waals surface area contributed by atoms with E-state index in [1.54, 1.807) is 17.7 Å². The van der Waals surface area contributed by atoms with Gasteiger partial charge in [-0.15, -0.1) is 11.3 Å². The van der Waals surface area contributed by atoms with Crippen LogP contribution in [-0.2, 0) is 0 Å². The number of hydrogen-bond acceptors (Lipinski definition) is 5. The van der Waals surface area contributed by atoms with Crippen LogP contribution >= 0.6 is 11.3 Å². The summed E-state index contributed by atoms with van der Waals surface area (Å²) in [6.07, 6.45) is 1.66. The van der Waals surface area contributed by atoms with Crippen LogP contribution in [0.1, 0.15) is 56.4 Å². The van der Waals surface area contributed by atoms with Gasteiger partial charge in [-0.25, -0.2) is 15.0 Å². The van der Waals surface area contributed by atoms with E-state index in [1.807, 2.05) is 13.0 Å². The molecule has 0 bridgehead atoms. The summed E-state index contributed by atoms with van der Waals surface area (Å²) in [4.78, 5) is 15.3. The molecule has 0 aliphatic carbocycles. The van der Waals surface area contributed by atoms with Crippen molar-refractivity contribution in [1.29, 1.82) is 0 Å². The molecule has 0 atom stereocenters. The van der Waals surface area contributed by atoms with E-state index in [-0.39, 0.29) is 0 Å². The Morgan fingerprint density at radius 3 is 2.31 bits per heavy atom. The molecule has 0 aliphatic rings. The average Bonchev–Trinajstić information content (AvgIpc) is 3.44. The van der Waals surface area contributed by atoms with E-state index < -0.39 is 0 Å². The minimum atomic E-state index is 0.430. The van der Waals surface area contributed by atoms with Crippen LogP contribution in [0.4, 0.5) is 0 Å². The first-order valence-corrected chi connectivity index (χ1v) is 12.9. The number of fused-ring (bicyclic) bond motifs is 4. The molecule has 4 heterocycles. The van der Waals surface area contributed by atoms with E-state index in [0.29, 0.717) is 17.5 Å². The summed E-state index contributed by atoms with van der Waals surface area (Å²) in [5, 5.41) is 2.08. The summed E-state index contributed by atoms with van der Waals surface area (Å²) < 4.78 is 7.37. The van der Waals surface area contributed by atoms with Gasteiger partial charge in [0.25, 0.3) is 0 Å². The second kappa shape index (κ2) is 8.28. The van der Waals surface area contributed by atoms with E-state index in [2.05, 4.69) is 86.2 Å². The zero-order valence-corrected chi connectivity index (χ0v) is 21.4. The van der Waals surface area contributed by atoms with Crippen LogP contribution < -0.4 is 0 Å². The number of rotatable bonds is 4. The summed E-state index contributed by atoms with van der Waals surface area (Å²) in [6, 6.07) is 19.3. The monoisotopic (exact) mass is 477 g/mol. The number of aryl methyl sites for hydroxylation is 1. The normalized spacial score (nSPS) is 12.1. The topological polar surface area (TPSA) is 51.8 Å². The van der Waals surface area contributed by atoms with E-state index in [1.165, 1.54) is 21.6 Å². The summed E-state index contributed by atoms with van der Waals surface area (Å²) in [6.45, 7) is 11.0. The fourth-order valence-corrected chi connectivity index (χ4v) is 6.17. The van der Waals surface area contributed by atoms with Crippen molar-refractivity contribution >= 4 is 43.6 Å². The Morgan fingerprint density at radius 1 is 0.829 bits per heavy atom. The summed E-state index contributed by atoms with van der Waals surface area (Å²) in [5.74, 6) is 0.861. The lowest BCUT2D eigenvalue weighted by atomic mass is 9.88. The van der Waals surface area contributed by atoms with Crippen molar-refractivity contribution in [2.24, 2.45) is 0 Å². The third-order valence-corrected chi connectivity index (χ3v) is 7.84. The highest BCUT2D eigenvalue weighted by atomic mass is 32.1. The molecule has 4 aromatic heterocycles. The Balaban J connectivity index is 1.61. The van der Waals surface area contributed by atoms with Crippen molar-refractivity contribution < 1.29 is 4.42 Å². The molecule has 0 N–H and O–H groups in total. The smallest absolute Gasteiger partial charge is 0.227 e. The maximum absolute atomic E-state index is 6.29. The highest BCUT2D eigenvalue weighted by Gasteiger charge is 2.21. The molecule has 4 nitrogen and oxygen atoms in total. The van der Waals surface area contributed by atoms with Crippen molar-refractivity contribution in [2.45, 2.75) is 46.5 Å². The second-order valence-electron chi connectivity index (χ2n) is 9.76. The van der Waals surface area contributed by atoms with Gasteiger partial charge >= 0.3 is 0 Å². The lowest BCUT2D eigenvalue weighted by Crippen LogP contribution is -1.98. The third kappa shape index (κ3) is 3.53. The van der Waals surface area contributed by atoms with Gasteiger partial charge in [0.1, 0.15) is 11.9 Å². The maximum Gasteiger partial charge on any atom is 0.227 e. The summed E-state index contributed by atoms with van der Waals surface area (Å²) >= 11 is 1.77. The molecule has 0 saturated carbocycles. The van der Waals surface area contributed by atoms with Gasteiger partial charge in [0.15, 0.2) is 0 Å². The van der Waals surface area contributed by atoms with E-state index in [9.17, 15) is 0 Å². The molecular weight excluding hydrogens is 450 g/mol. The molecule has 174 valence electrons. The van der Waals surface area contributed by atoms with Crippen molar-refractivity contribution in [2.75, 3.05) is 0 Å². The van der Waals surface area contributed by atoms with Crippen molar-refractivity contribution in [3.05, 3.63) is 77.7 Å². The van der Waals surface area contributed by atoms with Gasteiger partial charge in [0.05, 0.1) is 15.9 Å². The van der Waals surface area contributed by atoms with Crippen molar-refractivity contribution in [1.82, 2.24) is 15.0 Å². The number of para-hydroxylation sites is 1. The zero-order valence-electron chi connectivity index (χ0n) is 20.6. The van der Waals surface area contributed by atoms with E-state index in [0.717, 1.165) is 43.5 Å². The van der Waals surface area contributed by atoms with Gasteiger partial charge in [-0.2, -0.15) is 0 Å². The van der Waals surface area contributed by atoms with Gasteiger partial charge < -0.3 is 4.42 Å². The minimum Gasteiger partial charge on any atom is -0.437 e. The van der Waals surface area contributed by atoms with Gasteiger partial charge in [-0.3, -0.25) is 0 Å². The molecule has 0 spiro atoms. The molecule has 0 amide bonds. The van der Waals surface area contributed by atoms with Crippen LogP contribution in [0.2, 0.25) is 0 Å². The van der Waals surface area contributed by atoms with Gasteiger partial charge in [-0.1, -0.05) is 58.0 Å². The van der Waals surface area contributed by atoms with Gasteiger partial charge in [0.2, 0.25) is 5.71 Å². The van der Waals surface area contributed by atoms with Crippen LogP contribution in [-0.4, -0.2) is 15.0 Å². The highest BCUT2D eigenvalue weighted by molar-refractivity contribution is 7.22. The van der Waals surface area contributed by atoms with Crippen molar-refractivity contribution in [3.63, 3.8) is 0 Å². The first-order valence-electron chi connectivity index (χ1n) is 12.1. The number of pyridine rings is 1. The standard InChI is InChI=1S/C30H27N3OS/c1-16(2)19-8-6-9-20(17(3)4)26(19)25-14-24-29(35-25)27(32-15-31-24)23-11-7-10-21-22-13-12-18(5)33-30(22)34-28(21)23/h6-17H,1-5H3. The van der Waals surface area contributed by atoms with Crippen LogP contribution in [0, 0.1) is 6.92 Å². The molecule has 35 heavy (non-hydrogen) atoms. The van der Waals surface area contributed by atoms with Crippen LogP contribution in [0.5, 0.6) is 0 Å². The average molecular weight is 478 g/mol. The predicted octanol–water partition coefficient (Wildman–Crippen LogP) is 8.87. The Labute approximate surface area is 208 Å². The number of furan rings is 1. The number of aromatic nitrogens is 3. The molecule has 2 aromatic carbocycles. The molecule has 0 unspecified atom stereocenters. The first-order chi connectivity index (χ1) is 16.9. The number of hydrogen-bond donors (Lipinski definition) is 0. The number of thiophene rings is 1. The van der Waals surface area contributed by atoms with Crippen LogP contribution in [0.15, 0.2) is 65.3 Å². The Bertz CT molecular complexity index is 1700. The predicted molar refractivity (Wildman–Crippen MR) is 146 cm³/mol. The molecule has 0 saturated heterocycles. The Hall–Kier alpha value is -3.57. The van der Waals surface area contributed by atoms with Crippen LogP contribution in [0.25, 0.3) is 54.0 Å². The zero-order chi connectivity index (χ0) is 24.3. The summed E-state index contributed by atoms with van der Waals surface area (Å²) in [7, 11) is 0. The fourth-order valence-electron chi connectivity index (χ4n) is 4.96. The van der Waals surface area contributed by atoms with Crippen LogP contribution in [0.3, 0.4) is 0 Å². The highest BCUT2D eigenvalue weighted by Crippen LogP contribution is 2.44. The summed E-state index contributed by atoms with van der Waals surface area (Å²) in [5.41, 5.74) is 9.35. The molecular formula is C30H27N3OS. The first kappa shape index (κ1) is 21.9. The molecule has 0 radical (unpaired) electrons. The Morgan fingerprint density at radius 2 is 1.57 bits per heavy atom. The van der Waals surface area contributed by atoms with E-state index in [4.69, 9.17) is 9.40 Å². The molecule has 0 fully saturated rings. The number of nitrogens with zero attached hydrogens (tertiary/aromatic N) is 3. The molecule has 5 heteroatoms. The quantitative estimate of drug-likeness (QED) is 0.254. The van der Waals surface area contributed by atoms with E-state index >= 15 is 0 Å². The molecule has 6 aromatic rings. The molecule has 6 rings (SSSR count). The largest absolute Gasteiger partial charge is 0.437 e. The SMILES string of the molecule is Cc1ccc2c(n1)oc1c(-c3ncnc4cc(-c5c(C(C)C)cccc5C(C)C)sc34)cccc12. The molecule has 0 aliphatic heterocycles. The fraction of sp³-hybridized carbons (Fsp3) is 0.233. The maximum atomic E-state index is 6.29. The van der Waals surface area contributed by atoms with Gasteiger partial charge in [-0.05, 0) is 59.7 Å².